The molecule has 35 heavy (non-hydrogen) atoms. The molecule has 2 aromatic heterocycles. The number of nitrogens with zero attached hydrogens (tertiary/aromatic N) is 3. The maximum Gasteiger partial charge on any atom is 0.329 e. The Morgan fingerprint density at radius 1 is 1.31 bits per heavy atom. The molecule has 1 unspecified atom stereocenters. The van der Waals surface area contributed by atoms with Crippen molar-refractivity contribution in [1.82, 2.24) is 9.88 Å². The number of benzene rings is 1. The Morgan fingerprint density at radius 3 is 2.66 bits per heavy atom. The lowest BCUT2D eigenvalue weighted by Gasteiger charge is -2.46. The van der Waals surface area contributed by atoms with Crippen LogP contribution in [0.1, 0.15) is 49.2 Å². The molecule has 3 aromatic rings. The minimum absolute atomic E-state index is 0.00360. The first-order chi connectivity index (χ1) is 16.5. The Morgan fingerprint density at radius 2 is 2.03 bits per heavy atom. The molecule has 1 aliphatic heterocycles. The van der Waals surface area contributed by atoms with Crippen LogP contribution in [0.2, 0.25) is 0 Å². The SMILES string of the molecule is Cc1c(-c2ncco2)sc2c1C(=O)N(C(C)(C)C(=O)O)C(O)N2CCc1ccccc1OC(C)C. The monoisotopic (exact) mass is 499 g/mol. The van der Waals surface area contributed by atoms with Crippen LogP contribution in [0, 0.1) is 6.92 Å². The molecule has 0 radical (unpaired) electrons. The van der Waals surface area contributed by atoms with Gasteiger partial charge in [-0.1, -0.05) is 18.2 Å². The quantitative estimate of drug-likeness (QED) is 0.475. The highest BCUT2D eigenvalue weighted by Gasteiger charge is 2.49. The molecule has 0 spiro atoms. The number of aliphatic hydroxyl groups is 1. The number of fused-ring (bicyclic) bond motifs is 1. The number of carbonyl (C=O) groups excluding carboxylic acids is 1. The van der Waals surface area contributed by atoms with E-state index >= 15 is 0 Å². The number of carboxylic acids is 1. The van der Waals surface area contributed by atoms with Gasteiger partial charge in [-0.2, -0.15) is 0 Å². The largest absolute Gasteiger partial charge is 0.491 e. The molecule has 0 fully saturated rings. The van der Waals surface area contributed by atoms with E-state index in [-0.39, 0.29) is 6.10 Å². The van der Waals surface area contributed by atoms with Crippen molar-refractivity contribution in [3.8, 4) is 16.5 Å². The minimum Gasteiger partial charge on any atom is -0.491 e. The summed E-state index contributed by atoms with van der Waals surface area (Å²) in [5, 5.41) is 21.8. The predicted molar refractivity (Wildman–Crippen MR) is 132 cm³/mol. The van der Waals surface area contributed by atoms with Crippen LogP contribution >= 0.6 is 11.3 Å². The van der Waals surface area contributed by atoms with Gasteiger partial charge in [0, 0.05) is 6.54 Å². The molecule has 0 bridgehead atoms. The van der Waals surface area contributed by atoms with Crippen molar-refractivity contribution < 1.29 is 29.0 Å². The molecule has 0 saturated carbocycles. The molecule has 3 heterocycles. The van der Waals surface area contributed by atoms with Crippen molar-refractivity contribution >= 4 is 28.2 Å². The van der Waals surface area contributed by atoms with E-state index in [9.17, 15) is 19.8 Å². The summed E-state index contributed by atoms with van der Waals surface area (Å²) in [5.41, 5.74) is 0.262. The number of oxazole rings is 1. The van der Waals surface area contributed by atoms with Gasteiger partial charge in [0.25, 0.3) is 5.91 Å². The maximum atomic E-state index is 13.6. The smallest absolute Gasteiger partial charge is 0.329 e. The fraction of sp³-hybridized carbons (Fsp3) is 0.400. The maximum absolute atomic E-state index is 13.6. The Hall–Kier alpha value is -3.37. The number of aliphatic carboxylic acids is 1. The van der Waals surface area contributed by atoms with Crippen molar-refractivity contribution in [2.24, 2.45) is 0 Å². The van der Waals surface area contributed by atoms with Crippen LogP contribution in [0.15, 0.2) is 41.1 Å². The third-order valence-corrected chi connectivity index (χ3v) is 7.36. The van der Waals surface area contributed by atoms with Gasteiger partial charge in [-0.05, 0) is 58.2 Å². The molecule has 10 heteroatoms. The number of hydrogen-bond donors (Lipinski definition) is 2. The number of hydrogen-bond acceptors (Lipinski definition) is 8. The fourth-order valence-electron chi connectivity index (χ4n) is 4.14. The summed E-state index contributed by atoms with van der Waals surface area (Å²) in [6.07, 6.45) is 1.99. The van der Waals surface area contributed by atoms with E-state index in [1.807, 2.05) is 38.1 Å². The van der Waals surface area contributed by atoms with Gasteiger partial charge in [-0.25, -0.2) is 9.78 Å². The van der Waals surface area contributed by atoms with Gasteiger partial charge in [-0.3, -0.25) is 9.69 Å². The molecule has 1 aliphatic rings. The molecule has 1 atom stereocenters. The van der Waals surface area contributed by atoms with Gasteiger partial charge >= 0.3 is 5.97 Å². The summed E-state index contributed by atoms with van der Waals surface area (Å²) in [5.74, 6) is -0.657. The third-order valence-electron chi connectivity index (χ3n) is 6.04. The molecule has 2 N–H and O–H groups in total. The van der Waals surface area contributed by atoms with E-state index in [4.69, 9.17) is 9.15 Å². The van der Waals surface area contributed by atoms with Crippen molar-refractivity contribution in [3.05, 3.63) is 53.4 Å². The molecule has 186 valence electrons. The van der Waals surface area contributed by atoms with Gasteiger partial charge in [0.1, 0.15) is 22.6 Å². The second kappa shape index (κ2) is 9.35. The number of thiophene rings is 1. The number of anilines is 1. The summed E-state index contributed by atoms with van der Waals surface area (Å²) in [4.78, 5) is 33.2. The molecular weight excluding hydrogens is 470 g/mol. The molecular formula is C25H29N3O6S. The van der Waals surface area contributed by atoms with E-state index < -0.39 is 23.8 Å². The highest BCUT2D eigenvalue weighted by molar-refractivity contribution is 7.20. The number of aliphatic hydroxyl groups excluding tert-OH is 1. The second-order valence-corrected chi connectivity index (χ2v) is 10.2. The molecule has 4 rings (SSSR count). The molecule has 0 saturated heterocycles. The zero-order valence-corrected chi connectivity index (χ0v) is 21.1. The average Bonchev–Trinajstić information content (AvgIpc) is 3.42. The number of para-hydroxylation sites is 1. The van der Waals surface area contributed by atoms with Gasteiger partial charge in [0.2, 0.25) is 12.2 Å². The zero-order chi connectivity index (χ0) is 25.5. The first-order valence-electron chi connectivity index (χ1n) is 11.3. The zero-order valence-electron chi connectivity index (χ0n) is 20.3. The average molecular weight is 500 g/mol. The van der Waals surface area contributed by atoms with E-state index in [0.717, 1.165) is 16.2 Å². The summed E-state index contributed by atoms with van der Waals surface area (Å²) >= 11 is 1.29. The highest BCUT2D eigenvalue weighted by Crippen LogP contribution is 2.46. The van der Waals surface area contributed by atoms with Crippen LogP contribution in [-0.4, -0.2) is 56.5 Å². The Labute approximate surface area is 207 Å². The Balaban J connectivity index is 1.78. The topological polar surface area (TPSA) is 116 Å². The van der Waals surface area contributed by atoms with E-state index in [1.165, 1.54) is 37.6 Å². The van der Waals surface area contributed by atoms with Crippen LogP contribution in [-0.2, 0) is 11.2 Å². The molecule has 9 nitrogen and oxygen atoms in total. The number of carboxylic acid groups (broad SMARTS) is 1. The van der Waals surface area contributed by atoms with E-state index in [0.29, 0.717) is 39.9 Å². The van der Waals surface area contributed by atoms with Crippen LogP contribution in [0.3, 0.4) is 0 Å². The third kappa shape index (κ3) is 4.39. The summed E-state index contributed by atoms with van der Waals surface area (Å²) in [6, 6.07) is 7.67. The van der Waals surface area contributed by atoms with Gasteiger partial charge in [0.15, 0.2) is 0 Å². The number of carbonyl (C=O) groups is 2. The highest BCUT2D eigenvalue weighted by atomic mass is 32.1. The van der Waals surface area contributed by atoms with Crippen molar-refractivity contribution in [1.29, 1.82) is 0 Å². The Bertz CT molecular complexity index is 1230. The van der Waals surface area contributed by atoms with Crippen molar-refractivity contribution in [2.45, 2.75) is 59.0 Å². The number of ether oxygens (including phenoxy) is 1. The van der Waals surface area contributed by atoms with Crippen LogP contribution in [0.5, 0.6) is 5.75 Å². The fourth-order valence-corrected chi connectivity index (χ4v) is 5.43. The van der Waals surface area contributed by atoms with Gasteiger partial charge in [0.05, 0.1) is 22.7 Å². The van der Waals surface area contributed by atoms with E-state index in [2.05, 4.69) is 4.98 Å². The van der Waals surface area contributed by atoms with Gasteiger partial charge in [-0.15, -0.1) is 11.3 Å². The van der Waals surface area contributed by atoms with E-state index in [1.54, 1.807) is 11.8 Å². The van der Waals surface area contributed by atoms with Gasteiger partial charge < -0.3 is 24.3 Å². The van der Waals surface area contributed by atoms with Crippen molar-refractivity contribution in [3.63, 3.8) is 0 Å². The lowest BCUT2D eigenvalue weighted by atomic mass is 9.98. The number of aromatic nitrogens is 1. The minimum atomic E-state index is -1.65. The molecule has 0 aliphatic carbocycles. The van der Waals surface area contributed by atoms with Crippen LogP contribution in [0.4, 0.5) is 5.00 Å². The predicted octanol–water partition coefficient (Wildman–Crippen LogP) is 4.14. The van der Waals surface area contributed by atoms with Crippen molar-refractivity contribution in [2.75, 3.05) is 11.4 Å². The molecule has 1 aromatic carbocycles. The normalized spacial score (nSPS) is 16.1. The summed E-state index contributed by atoms with van der Waals surface area (Å²) in [6.45, 7) is 8.81. The first-order valence-corrected chi connectivity index (χ1v) is 12.1. The van der Waals surface area contributed by atoms with Crippen LogP contribution in [0.25, 0.3) is 10.8 Å². The summed E-state index contributed by atoms with van der Waals surface area (Å²) in [7, 11) is 0. The number of rotatable bonds is 8. The first kappa shape index (κ1) is 24.7. The lowest BCUT2D eigenvalue weighted by molar-refractivity contribution is -0.154. The Kier molecular flexibility index (Phi) is 6.61. The molecule has 1 amide bonds. The standard InChI is InChI=1S/C25H29N3O6S/c1-14(2)34-17-9-7-6-8-16(17)10-12-27-22-18(15(3)19(35-22)20-26-11-13-33-20)21(29)28(24(27)32)25(4,5)23(30)31/h6-9,11,13-14,24,32H,10,12H2,1-5H3,(H,30,31). The second-order valence-electron chi connectivity index (χ2n) is 9.18. The van der Waals surface area contributed by atoms with Crippen LogP contribution < -0.4 is 9.64 Å². The summed E-state index contributed by atoms with van der Waals surface area (Å²) < 4.78 is 11.4. The lowest BCUT2D eigenvalue weighted by Crippen LogP contribution is -2.65. The number of amides is 1.